The van der Waals surface area contributed by atoms with E-state index in [2.05, 4.69) is 13.8 Å². The van der Waals surface area contributed by atoms with Crippen LogP contribution in [0.1, 0.15) is 26.7 Å². The minimum Gasteiger partial charge on any atom is -0.389 e. The number of fused-ring (bicyclic) bond motifs is 3. The van der Waals surface area contributed by atoms with Crippen molar-refractivity contribution in [1.29, 1.82) is 0 Å². The van der Waals surface area contributed by atoms with Crippen LogP contribution in [-0.4, -0.2) is 39.7 Å². The first kappa shape index (κ1) is 19.8. The van der Waals surface area contributed by atoms with Gasteiger partial charge in [0.1, 0.15) is 11.6 Å². The van der Waals surface area contributed by atoms with Gasteiger partial charge >= 0.3 is 0 Å². The van der Waals surface area contributed by atoms with E-state index in [1.165, 1.54) is 24.3 Å². The van der Waals surface area contributed by atoms with E-state index < -0.39 is 6.10 Å². The van der Waals surface area contributed by atoms with Crippen molar-refractivity contribution in [3.05, 3.63) is 48.0 Å². The second-order valence-electron chi connectivity index (χ2n) is 8.36. The predicted molar refractivity (Wildman–Crippen MR) is 110 cm³/mol. The molecule has 0 bridgehead atoms. The molecule has 1 N–H and O–H groups in total. The Balaban J connectivity index is 1.62. The molecule has 1 aliphatic rings. The zero-order valence-electron chi connectivity index (χ0n) is 16.7. The number of rotatable bonds is 5. The van der Waals surface area contributed by atoms with Gasteiger partial charge in [0.2, 0.25) is 5.91 Å². The number of aliphatic hydroxyl groups is 1. The Kier molecular flexibility index (Phi) is 5.30. The highest BCUT2D eigenvalue weighted by molar-refractivity contribution is 6.08. The van der Waals surface area contributed by atoms with Crippen LogP contribution >= 0.6 is 0 Å². The largest absolute Gasteiger partial charge is 0.389 e. The van der Waals surface area contributed by atoms with E-state index in [4.69, 9.17) is 0 Å². The number of amides is 1. The zero-order valence-corrected chi connectivity index (χ0v) is 16.7. The molecular formula is C23H26F2N2O2. The van der Waals surface area contributed by atoms with Crippen LogP contribution in [-0.2, 0) is 11.3 Å². The first-order chi connectivity index (χ1) is 13.8. The molecule has 1 amide bonds. The molecule has 4 rings (SSSR count). The van der Waals surface area contributed by atoms with Gasteiger partial charge in [0.05, 0.1) is 12.6 Å². The topological polar surface area (TPSA) is 45.5 Å². The Morgan fingerprint density at radius 3 is 2.17 bits per heavy atom. The third-order valence-corrected chi connectivity index (χ3v) is 5.99. The van der Waals surface area contributed by atoms with Gasteiger partial charge in [-0.1, -0.05) is 13.8 Å². The molecule has 1 saturated heterocycles. The summed E-state index contributed by atoms with van der Waals surface area (Å²) in [6.07, 6.45) is 1.06. The van der Waals surface area contributed by atoms with E-state index >= 15 is 0 Å². The number of hydrogen-bond donors (Lipinski definition) is 1. The Morgan fingerprint density at radius 1 is 1.03 bits per heavy atom. The quantitative estimate of drug-likeness (QED) is 0.693. The summed E-state index contributed by atoms with van der Waals surface area (Å²) < 4.78 is 29.5. The summed E-state index contributed by atoms with van der Waals surface area (Å²) in [6, 6.07) is 8.80. The van der Waals surface area contributed by atoms with E-state index in [0.717, 1.165) is 23.9 Å². The zero-order chi connectivity index (χ0) is 20.7. The average Bonchev–Trinajstić information content (AvgIpc) is 2.95. The van der Waals surface area contributed by atoms with Gasteiger partial charge in [-0.05, 0) is 55.2 Å². The van der Waals surface area contributed by atoms with Gasteiger partial charge in [-0.2, -0.15) is 0 Å². The lowest BCUT2D eigenvalue weighted by Gasteiger charge is -2.35. The van der Waals surface area contributed by atoms with E-state index in [-0.39, 0.29) is 42.5 Å². The maximum atomic E-state index is 13.8. The third kappa shape index (κ3) is 3.73. The number of benzene rings is 2. The fraction of sp³-hybridized carbons (Fsp3) is 0.435. The lowest BCUT2D eigenvalue weighted by atomic mass is 9.87. The molecule has 6 heteroatoms. The second-order valence-corrected chi connectivity index (χ2v) is 8.36. The molecule has 2 heterocycles. The number of piperidine rings is 1. The van der Waals surface area contributed by atoms with Gasteiger partial charge in [0, 0.05) is 40.8 Å². The number of hydrogen-bond acceptors (Lipinski definition) is 2. The first-order valence-electron chi connectivity index (χ1n) is 10.2. The molecule has 3 aromatic rings. The van der Waals surface area contributed by atoms with Crippen LogP contribution in [0.4, 0.5) is 8.78 Å². The lowest BCUT2D eigenvalue weighted by molar-refractivity contribution is -0.141. The smallest absolute Gasteiger partial charge is 0.226 e. The highest BCUT2D eigenvalue weighted by atomic mass is 19.1. The summed E-state index contributed by atoms with van der Waals surface area (Å²) in [7, 11) is 0. The summed E-state index contributed by atoms with van der Waals surface area (Å²) in [5.74, 6) is -0.378. The molecule has 4 nitrogen and oxygen atoms in total. The fourth-order valence-electron chi connectivity index (χ4n) is 4.54. The minimum atomic E-state index is -0.779. The predicted octanol–water partition coefficient (Wildman–Crippen LogP) is 4.33. The molecule has 0 aliphatic carbocycles. The van der Waals surface area contributed by atoms with E-state index in [9.17, 15) is 18.7 Å². The summed E-state index contributed by atoms with van der Waals surface area (Å²) in [5.41, 5.74) is 1.46. The monoisotopic (exact) mass is 400 g/mol. The number of aromatic nitrogens is 1. The number of aliphatic hydroxyl groups excluding tert-OH is 1. The van der Waals surface area contributed by atoms with Crippen molar-refractivity contribution in [2.45, 2.75) is 39.3 Å². The molecule has 2 unspecified atom stereocenters. The molecule has 2 atom stereocenters. The molecule has 0 spiro atoms. The number of carbonyl (C=O) groups excluding carboxylic acids is 1. The van der Waals surface area contributed by atoms with Crippen LogP contribution in [0.15, 0.2) is 36.4 Å². The molecule has 1 aromatic heterocycles. The molecule has 0 radical (unpaired) electrons. The first-order valence-corrected chi connectivity index (χ1v) is 10.2. The summed E-state index contributed by atoms with van der Waals surface area (Å²) in [6.45, 7) is 5.26. The molecule has 29 heavy (non-hydrogen) atoms. The van der Waals surface area contributed by atoms with Crippen molar-refractivity contribution in [2.24, 2.45) is 11.8 Å². The summed E-state index contributed by atoms with van der Waals surface area (Å²) in [5, 5.41) is 12.0. The minimum absolute atomic E-state index is 0.00939. The maximum Gasteiger partial charge on any atom is 0.226 e. The van der Waals surface area contributed by atoms with Gasteiger partial charge in [-0.15, -0.1) is 0 Å². The van der Waals surface area contributed by atoms with Crippen molar-refractivity contribution >= 4 is 27.7 Å². The highest BCUT2D eigenvalue weighted by Crippen LogP contribution is 2.31. The van der Waals surface area contributed by atoms with Crippen molar-refractivity contribution in [3.8, 4) is 0 Å². The highest BCUT2D eigenvalue weighted by Gasteiger charge is 2.31. The van der Waals surface area contributed by atoms with Gasteiger partial charge in [0.15, 0.2) is 0 Å². The third-order valence-electron chi connectivity index (χ3n) is 5.99. The normalized spacial score (nSPS) is 18.9. The van der Waals surface area contributed by atoms with Crippen LogP contribution in [0.25, 0.3) is 21.8 Å². The number of carbonyl (C=O) groups is 1. The van der Waals surface area contributed by atoms with Gasteiger partial charge in [0.25, 0.3) is 0 Å². The summed E-state index contributed by atoms with van der Waals surface area (Å²) >= 11 is 0. The van der Waals surface area contributed by atoms with Crippen molar-refractivity contribution in [3.63, 3.8) is 0 Å². The Labute approximate surface area is 168 Å². The van der Waals surface area contributed by atoms with Crippen molar-refractivity contribution < 1.29 is 18.7 Å². The van der Waals surface area contributed by atoms with E-state index in [1.54, 1.807) is 17.0 Å². The van der Waals surface area contributed by atoms with Gasteiger partial charge in [-0.25, -0.2) is 8.78 Å². The Bertz CT molecular complexity index is 1000. The average molecular weight is 400 g/mol. The molecule has 2 aromatic carbocycles. The second kappa shape index (κ2) is 7.75. The number of halogens is 2. The van der Waals surface area contributed by atoms with Crippen LogP contribution in [0.3, 0.4) is 0 Å². The molecular weight excluding hydrogens is 374 g/mol. The lowest BCUT2D eigenvalue weighted by Crippen LogP contribution is -2.46. The number of nitrogens with zero attached hydrogens (tertiary/aromatic N) is 2. The van der Waals surface area contributed by atoms with Crippen LogP contribution in [0, 0.1) is 23.5 Å². The fourth-order valence-corrected chi connectivity index (χ4v) is 4.54. The Hall–Kier alpha value is -2.47. The number of likely N-dealkylation sites (tertiary alicyclic amines) is 1. The van der Waals surface area contributed by atoms with Gasteiger partial charge < -0.3 is 14.6 Å². The van der Waals surface area contributed by atoms with Crippen molar-refractivity contribution in [1.82, 2.24) is 9.47 Å². The standard InChI is InChI=1S/C23H26F2N2O2/c1-14(2)18-4-3-9-26(23(18)29)12-17(28)13-27-21-7-5-15(24)10-19(21)20-11-16(25)6-8-22(20)27/h5-8,10-11,14,17-18,28H,3-4,9,12-13H2,1-2H3. The van der Waals surface area contributed by atoms with E-state index in [0.29, 0.717) is 17.3 Å². The van der Waals surface area contributed by atoms with Crippen LogP contribution in [0.5, 0.6) is 0 Å². The van der Waals surface area contributed by atoms with Crippen molar-refractivity contribution in [2.75, 3.05) is 13.1 Å². The SMILES string of the molecule is CC(C)C1CCCN(CC(O)Cn2c3ccc(F)cc3c3cc(F)ccc32)C1=O. The molecule has 0 saturated carbocycles. The summed E-state index contributed by atoms with van der Waals surface area (Å²) in [4.78, 5) is 14.5. The maximum absolute atomic E-state index is 13.8. The Morgan fingerprint density at radius 2 is 1.62 bits per heavy atom. The van der Waals surface area contributed by atoms with Gasteiger partial charge in [-0.3, -0.25) is 4.79 Å². The number of β-amino-alcohol motifs (C(OH)–C–C–N with tert-alkyl or cyclic N) is 1. The van der Waals surface area contributed by atoms with Crippen LogP contribution in [0.2, 0.25) is 0 Å². The van der Waals surface area contributed by atoms with Crippen LogP contribution < -0.4 is 0 Å². The molecule has 1 fully saturated rings. The molecule has 154 valence electrons. The molecule has 1 aliphatic heterocycles. The van der Waals surface area contributed by atoms with E-state index in [1.807, 2.05) is 4.57 Å².